The monoisotopic (exact) mass is 372 g/mol. The van der Waals surface area contributed by atoms with Crippen LogP contribution in [-0.4, -0.2) is 30.9 Å². The predicted octanol–water partition coefficient (Wildman–Crippen LogP) is 3.50. The largest absolute Gasteiger partial charge is 0.319 e. The van der Waals surface area contributed by atoms with E-state index in [9.17, 15) is 4.79 Å². The molecule has 7 nitrogen and oxygen atoms in total. The van der Waals surface area contributed by atoms with Crippen molar-refractivity contribution in [3.63, 3.8) is 0 Å². The van der Waals surface area contributed by atoms with Gasteiger partial charge in [-0.15, -0.1) is 0 Å². The van der Waals surface area contributed by atoms with Gasteiger partial charge in [-0.25, -0.2) is 9.67 Å². The fourth-order valence-corrected chi connectivity index (χ4v) is 3.80. The molecule has 7 heteroatoms. The molecule has 1 aromatic carbocycles. The Hall–Kier alpha value is -3.48. The first-order valence-electron chi connectivity index (χ1n) is 9.40. The van der Waals surface area contributed by atoms with Crippen molar-refractivity contribution in [1.29, 1.82) is 0 Å². The van der Waals surface area contributed by atoms with E-state index in [2.05, 4.69) is 44.7 Å². The molecule has 0 atom stereocenters. The number of fused-ring (bicyclic) bond motifs is 2. The summed E-state index contributed by atoms with van der Waals surface area (Å²) in [6.07, 6.45) is 4.48. The molecule has 2 N–H and O–H groups in total. The average Bonchev–Trinajstić information content (AvgIpc) is 3.38. The van der Waals surface area contributed by atoms with E-state index >= 15 is 0 Å². The summed E-state index contributed by atoms with van der Waals surface area (Å²) >= 11 is 0. The highest BCUT2D eigenvalue weighted by molar-refractivity contribution is 6.04. The van der Waals surface area contributed by atoms with Crippen molar-refractivity contribution in [3.05, 3.63) is 64.7 Å². The Labute approximate surface area is 161 Å². The number of nitrogens with zero attached hydrogens (tertiary/aromatic N) is 4. The van der Waals surface area contributed by atoms with Gasteiger partial charge in [0.25, 0.3) is 5.91 Å². The van der Waals surface area contributed by atoms with Crippen LogP contribution in [0.5, 0.6) is 0 Å². The summed E-state index contributed by atoms with van der Waals surface area (Å²) in [5.74, 6) is -0.202. The number of nitrogens with one attached hydrogen (secondary N) is 2. The first kappa shape index (κ1) is 16.7. The van der Waals surface area contributed by atoms with Crippen LogP contribution in [0.15, 0.2) is 36.5 Å². The molecule has 1 aliphatic rings. The number of carbonyl (C=O) groups is 1. The van der Waals surface area contributed by atoms with E-state index in [1.54, 1.807) is 6.20 Å². The van der Waals surface area contributed by atoms with Crippen LogP contribution in [0.4, 0.5) is 5.69 Å². The van der Waals surface area contributed by atoms with Gasteiger partial charge in [0.1, 0.15) is 0 Å². The van der Waals surface area contributed by atoms with E-state index in [0.717, 1.165) is 47.3 Å². The molecule has 5 rings (SSSR count). The first-order valence-corrected chi connectivity index (χ1v) is 9.40. The maximum absolute atomic E-state index is 13.0. The molecule has 0 fully saturated rings. The van der Waals surface area contributed by atoms with Crippen molar-refractivity contribution in [2.45, 2.75) is 33.1 Å². The lowest BCUT2D eigenvalue weighted by molar-refractivity contribution is 0.102. The number of rotatable bonds is 3. The lowest BCUT2D eigenvalue weighted by atomic mass is 10.2. The molecule has 3 aromatic heterocycles. The zero-order valence-electron chi connectivity index (χ0n) is 15.8. The molecule has 1 amide bonds. The molecular formula is C21H20N6O. The van der Waals surface area contributed by atoms with Crippen molar-refractivity contribution in [3.8, 4) is 5.69 Å². The van der Waals surface area contributed by atoms with Gasteiger partial charge in [0.15, 0.2) is 11.3 Å². The number of carbonyl (C=O) groups excluding carboxylic acids is 1. The number of H-pyrrole nitrogens is 1. The standard InChI is InChI=1S/C21H20N6O/c1-12-6-8-15(9-7-12)27-18-5-3-4-16(18)19(26-27)21(28)23-14-10-17-13(2)24-25-20(17)22-11-14/h6-11H,3-5H2,1-2H3,(H,23,28)(H,22,24,25). The molecule has 0 unspecified atom stereocenters. The smallest absolute Gasteiger partial charge is 0.276 e. The van der Waals surface area contributed by atoms with E-state index in [0.29, 0.717) is 17.0 Å². The topological polar surface area (TPSA) is 88.5 Å². The highest BCUT2D eigenvalue weighted by atomic mass is 16.2. The minimum absolute atomic E-state index is 0.202. The van der Waals surface area contributed by atoms with Crippen molar-refractivity contribution in [2.75, 3.05) is 5.32 Å². The second kappa shape index (κ2) is 6.30. The fourth-order valence-electron chi connectivity index (χ4n) is 3.80. The maximum Gasteiger partial charge on any atom is 0.276 e. The number of aromatic nitrogens is 5. The number of amides is 1. The summed E-state index contributed by atoms with van der Waals surface area (Å²) in [6, 6.07) is 10.1. The predicted molar refractivity (Wildman–Crippen MR) is 107 cm³/mol. The Morgan fingerprint density at radius 1 is 1.18 bits per heavy atom. The Kier molecular flexibility index (Phi) is 3.75. The Morgan fingerprint density at radius 2 is 2.00 bits per heavy atom. The number of aromatic amines is 1. The zero-order valence-corrected chi connectivity index (χ0v) is 15.8. The van der Waals surface area contributed by atoms with Crippen LogP contribution in [0.25, 0.3) is 16.7 Å². The number of hydrogen-bond donors (Lipinski definition) is 2. The summed E-state index contributed by atoms with van der Waals surface area (Å²) < 4.78 is 1.92. The van der Waals surface area contributed by atoms with Gasteiger partial charge in [0.2, 0.25) is 0 Å². The second-order valence-electron chi connectivity index (χ2n) is 7.27. The zero-order chi connectivity index (χ0) is 19.3. The average molecular weight is 372 g/mol. The summed E-state index contributed by atoms with van der Waals surface area (Å²) in [6.45, 7) is 3.99. The molecule has 0 aliphatic heterocycles. The van der Waals surface area contributed by atoms with Crippen LogP contribution >= 0.6 is 0 Å². The van der Waals surface area contributed by atoms with Crippen LogP contribution in [-0.2, 0) is 12.8 Å². The molecule has 0 spiro atoms. The SMILES string of the molecule is Cc1ccc(-n2nc(C(=O)Nc3cnc4n[nH]c(C)c4c3)c3c2CCC3)cc1. The van der Waals surface area contributed by atoms with E-state index in [-0.39, 0.29) is 5.91 Å². The summed E-state index contributed by atoms with van der Waals surface area (Å²) in [5.41, 5.74) is 7.06. The molecule has 0 radical (unpaired) electrons. The number of hydrogen-bond acceptors (Lipinski definition) is 4. The molecular weight excluding hydrogens is 352 g/mol. The van der Waals surface area contributed by atoms with E-state index < -0.39 is 0 Å². The van der Waals surface area contributed by atoms with Gasteiger partial charge >= 0.3 is 0 Å². The molecule has 140 valence electrons. The Bertz CT molecular complexity index is 1200. The minimum atomic E-state index is -0.202. The van der Waals surface area contributed by atoms with Crippen molar-refractivity contribution >= 4 is 22.6 Å². The molecule has 0 saturated heterocycles. The summed E-state index contributed by atoms with van der Waals surface area (Å²) in [5, 5.41) is 15.5. The summed E-state index contributed by atoms with van der Waals surface area (Å²) in [7, 11) is 0. The molecule has 28 heavy (non-hydrogen) atoms. The highest BCUT2D eigenvalue weighted by Gasteiger charge is 2.27. The maximum atomic E-state index is 13.0. The van der Waals surface area contributed by atoms with E-state index in [1.165, 1.54) is 5.56 Å². The van der Waals surface area contributed by atoms with Crippen molar-refractivity contribution < 1.29 is 4.79 Å². The lowest BCUT2D eigenvalue weighted by Crippen LogP contribution is -2.15. The van der Waals surface area contributed by atoms with Gasteiger partial charge < -0.3 is 5.32 Å². The highest BCUT2D eigenvalue weighted by Crippen LogP contribution is 2.28. The van der Waals surface area contributed by atoms with Crippen LogP contribution < -0.4 is 5.32 Å². The van der Waals surface area contributed by atoms with Crippen LogP contribution in [0.3, 0.4) is 0 Å². The van der Waals surface area contributed by atoms with Gasteiger partial charge in [-0.2, -0.15) is 10.2 Å². The van der Waals surface area contributed by atoms with Gasteiger partial charge in [-0.05, 0) is 51.3 Å². The van der Waals surface area contributed by atoms with Crippen LogP contribution in [0.1, 0.15) is 39.4 Å². The second-order valence-corrected chi connectivity index (χ2v) is 7.27. The van der Waals surface area contributed by atoms with Crippen molar-refractivity contribution in [2.24, 2.45) is 0 Å². The third-order valence-corrected chi connectivity index (χ3v) is 5.28. The number of benzene rings is 1. The minimum Gasteiger partial charge on any atom is -0.319 e. The molecule has 3 heterocycles. The summed E-state index contributed by atoms with van der Waals surface area (Å²) in [4.78, 5) is 17.3. The van der Waals surface area contributed by atoms with Crippen molar-refractivity contribution in [1.82, 2.24) is 25.0 Å². The Balaban J connectivity index is 1.50. The number of pyridine rings is 1. The van der Waals surface area contributed by atoms with Gasteiger partial charge in [0, 0.05) is 22.3 Å². The van der Waals surface area contributed by atoms with Gasteiger partial charge in [-0.3, -0.25) is 9.89 Å². The van der Waals surface area contributed by atoms with E-state index in [1.807, 2.05) is 29.8 Å². The lowest BCUT2D eigenvalue weighted by Gasteiger charge is -2.06. The number of anilines is 1. The molecule has 1 aliphatic carbocycles. The molecule has 4 aromatic rings. The number of aryl methyl sites for hydroxylation is 2. The molecule has 0 saturated carbocycles. The van der Waals surface area contributed by atoms with Crippen LogP contribution in [0.2, 0.25) is 0 Å². The third kappa shape index (κ3) is 2.67. The van der Waals surface area contributed by atoms with Gasteiger partial charge in [0.05, 0.1) is 17.6 Å². The first-order chi connectivity index (χ1) is 13.6. The fraction of sp³-hybridized carbons (Fsp3) is 0.238. The Morgan fingerprint density at radius 3 is 2.82 bits per heavy atom. The van der Waals surface area contributed by atoms with E-state index in [4.69, 9.17) is 0 Å². The quantitative estimate of drug-likeness (QED) is 0.576. The normalized spacial score (nSPS) is 13.1. The van der Waals surface area contributed by atoms with Gasteiger partial charge in [-0.1, -0.05) is 17.7 Å². The third-order valence-electron chi connectivity index (χ3n) is 5.28. The molecule has 0 bridgehead atoms. The van der Waals surface area contributed by atoms with Crippen LogP contribution in [0, 0.1) is 13.8 Å².